The molecule has 0 aliphatic carbocycles. The van der Waals surface area contributed by atoms with E-state index in [-0.39, 0.29) is 18.4 Å². The largest absolute Gasteiger partial charge is 0.508 e. The molecule has 0 amide bonds. The van der Waals surface area contributed by atoms with E-state index in [0.717, 1.165) is 5.56 Å². The summed E-state index contributed by atoms with van der Waals surface area (Å²) in [6.07, 6.45) is 1.35. The number of hydrogen-bond acceptors (Lipinski definition) is 4. The minimum atomic E-state index is -0.173. The second kappa shape index (κ2) is 5.58. The molecule has 0 aromatic heterocycles. The summed E-state index contributed by atoms with van der Waals surface area (Å²) in [4.78, 5) is 0. The lowest BCUT2D eigenvalue weighted by Gasteiger charge is -2.15. The molecule has 15 heavy (non-hydrogen) atoms. The van der Waals surface area contributed by atoms with Crippen LogP contribution in [0.4, 0.5) is 0 Å². The van der Waals surface area contributed by atoms with Crippen LogP contribution in [0.3, 0.4) is 0 Å². The Hall–Kier alpha value is -1.26. The van der Waals surface area contributed by atoms with Crippen LogP contribution >= 0.6 is 0 Å². The Morgan fingerprint density at radius 3 is 2.80 bits per heavy atom. The number of rotatable bonds is 5. The molecule has 4 N–H and O–H groups in total. The first-order chi connectivity index (χ1) is 7.19. The van der Waals surface area contributed by atoms with E-state index in [9.17, 15) is 5.11 Å². The van der Waals surface area contributed by atoms with Crippen LogP contribution in [0.2, 0.25) is 0 Å². The fourth-order valence-electron chi connectivity index (χ4n) is 1.47. The number of aliphatic hydroxyl groups is 1. The minimum absolute atomic E-state index is 0.133. The number of aliphatic hydroxyl groups excluding tert-OH is 1. The molecule has 4 nitrogen and oxygen atoms in total. The molecule has 0 aliphatic rings. The number of phenolic OH excluding ortho intramolecular Hbond substituents is 1. The van der Waals surface area contributed by atoms with Gasteiger partial charge in [0.15, 0.2) is 0 Å². The summed E-state index contributed by atoms with van der Waals surface area (Å²) in [5.41, 5.74) is 6.79. The lowest BCUT2D eigenvalue weighted by Crippen LogP contribution is -2.12. The molecular formula is C11H17NO3. The van der Waals surface area contributed by atoms with Gasteiger partial charge >= 0.3 is 0 Å². The molecular weight excluding hydrogens is 194 g/mol. The summed E-state index contributed by atoms with van der Waals surface area (Å²) in [6, 6.07) is 4.69. The van der Waals surface area contributed by atoms with Crippen molar-refractivity contribution in [1.82, 2.24) is 0 Å². The number of methoxy groups -OCH3 is 1. The Kier molecular flexibility index (Phi) is 4.39. The normalized spacial score (nSPS) is 12.5. The topological polar surface area (TPSA) is 75.7 Å². The van der Waals surface area contributed by atoms with E-state index in [0.29, 0.717) is 18.6 Å². The highest BCUT2D eigenvalue weighted by Crippen LogP contribution is 2.29. The second-order valence-corrected chi connectivity index (χ2v) is 3.40. The Balaban J connectivity index is 2.82. The van der Waals surface area contributed by atoms with E-state index < -0.39 is 0 Å². The van der Waals surface area contributed by atoms with Crippen LogP contribution in [-0.2, 0) is 0 Å². The fourth-order valence-corrected chi connectivity index (χ4v) is 1.47. The quantitative estimate of drug-likeness (QED) is 0.683. The van der Waals surface area contributed by atoms with Crippen LogP contribution in [0.1, 0.15) is 24.4 Å². The van der Waals surface area contributed by atoms with Gasteiger partial charge in [-0.25, -0.2) is 0 Å². The summed E-state index contributed by atoms with van der Waals surface area (Å²) >= 11 is 0. The van der Waals surface area contributed by atoms with E-state index in [1.54, 1.807) is 12.1 Å². The SMILES string of the molecule is COc1cc(O)ccc1[C@@H](N)CCCO. The average Bonchev–Trinajstić information content (AvgIpc) is 2.25. The van der Waals surface area contributed by atoms with E-state index in [1.165, 1.54) is 13.2 Å². The highest BCUT2D eigenvalue weighted by molar-refractivity contribution is 5.41. The van der Waals surface area contributed by atoms with Gasteiger partial charge in [0.05, 0.1) is 7.11 Å². The summed E-state index contributed by atoms with van der Waals surface area (Å²) in [5.74, 6) is 0.741. The Bertz CT molecular complexity index is 315. The van der Waals surface area contributed by atoms with Crippen LogP contribution in [0.15, 0.2) is 18.2 Å². The first-order valence-electron chi connectivity index (χ1n) is 4.92. The van der Waals surface area contributed by atoms with Gasteiger partial charge < -0.3 is 20.7 Å². The maximum atomic E-state index is 9.27. The van der Waals surface area contributed by atoms with E-state index in [4.69, 9.17) is 15.6 Å². The van der Waals surface area contributed by atoms with Crippen molar-refractivity contribution in [3.63, 3.8) is 0 Å². The maximum Gasteiger partial charge on any atom is 0.127 e. The number of nitrogens with two attached hydrogens (primary N) is 1. The maximum absolute atomic E-state index is 9.27. The smallest absolute Gasteiger partial charge is 0.127 e. The number of hydrogen-bond donors (Lipinski definition) is 3. The Morgan fingerprint density at radius 2 is 2.20 bits per heavy atom. The second-order valence-electron chi connectivity index (χ2n) is 3.40. The van der Waals surface area contributed by atoms with Crippen LogP contribution in [-0.4, -0.2) is 23.9 Å². The highest BCUT2D eigenvalue weighted by Gasteiger charge is 2.11. The highest BCUT2D eigenvalue weighted by atomic mass is 16.5. The third kappa shape index (κ3) is 3.11. The number of benzene rings is 1. The van der Waals surface area contributed by atoms with Crippen LogP contribution in [0.5, 0.6) is 11.5 Å². The van der Waals surface area contributed by atoms with Crippen molar-refractivity contribution in [3.05, 3.63) is 23.8 Å². The third-order valence-electron chi connectivity index (χ3n) is 2.29. The molecule has 0 heterocycles. The van der Waals surface area contributed by atoms with E-state index >= 15 is 0 Å². The zero-order valence-electron chi connectivity index (χ0n) is 8.81. The summed E-state index contributed by atoms with van der Waals surface area (Å²) in [5, 5.41) is 18.0. The van der Waals surface area contributed by atoms with Crippen molar-refractivity contribution < 1.29 is 14.9 Å². The van der Waals surface area contributed by atoms with Crippen molar-refractivity contribution in [1.29, 1.82) is 0 Å². The van der Waals surface area contributed by atoms with Gasteiger partial charge in [-0.15, -0.1) is 0 Å². The lowest BCUT2D eigenvalue weighted by molar-refractivity contribution is 0.279. The summed E-state index contributed by atoms with van der Waals surface area (Å²) in [7, 11) is 1.54. The molecule has 0 aliphatic heterocycles. The third-order valence-corrected chi connectivity index (χ3v) is 2.29. The van der Waals surface area contributed by atoms with E-state index in [2.05, 4.69) is 0 Å². The lowest BCUT2D eigenvalue weighted by atomic mass is 10.0. The van der Waals surface area contributed by atoms with Crippen molar-refractivity contribution in [2.45, 2.75) is 18.9 Å². The molecule has 0 spiro atoms. The van der Waals surface area contributed by atoms with Crippen molar-refractivity contribution >= 4 is 0 Å². The fraction of sp³-hybridized carbons (Fsp3) is 0.455. The van der Waals surface area contributed by atoms with Crippen molar-refractivity contribution in [2.75, 3.05) is 13.7 Å². The average molecular weight is 211 g/mol. The number of phenols is 1. The molecule has 1 rings (SSSR count). The summed E-state index contributed by atoms with van der Waals surface area (Å²) < 4.78 is 5.12. The first-order valence-corrected chi connectivity index (χ1v) is 4.92. The number of aromatic hydroxyl groups is 1. The molecule has 0 bridgehead atoms. The van der Waals surface area contributed by atoms with Gasteiger partial charge in [-0.2, -0.15) is 0 Å². The molecule has 0 radical (unpaired) electrons. The minimum Gasteiger partial charge on any atom is -0.508 e. The molecule has 84 valence electrons. The predicted molar refractivity (Wildman–Crippen MR) is 57.9 cm³/mol. The Morgan fingerprint density at radius 1 is 1.47 bits per heavy atom. The van der Waals surface area contributed by atoms with Gasteiger partial charge in [-0.1, -0.05) is 6.07 Å². The van der Waals surface area contributed by atoms with Gasteiger partial charge in [-0.3, -0.25) is 0 Å². The first kappa shape index (κ1) is 11.8. The van der Waals surface area contributed by atoms with Gasteiger partial charge in [0.2, 0.25) is 0 Å². The van der Waals surface area contributed by atoms with Crippen molar-refractivity contribution in [3.8, 4) is 11.5 Å². The van der Waals surface area contributed by atoms with Crippen LogP contribution in [0, 0.1) is 0 Å². The molecule has 0 unspecified atom stereocenters. The standard InChI is InChI=1S/C11H17NO3/c1-15-11-7-8(14)4-5-9(11)10(12)3-2-6-13/h4-5,7,10,13-14H,2-3,6,12H2,1H3/t10-/m0/s1. The molecule has 0 saturated heterocycles. The van der Waals surface area contributed by atoms with Gasteiger partial charge in [0.1, 0.15) is 11.5 Å². The summed E-state index contributed by atoms with van der Waals surface area (Å²) in [6.45, 7) is 0.133. The molecule has 1 aromatic rings. The molecule has 1 aromatic carbocycles. The van der Waals surface area contributed by atoms with Gasteiger partial charge in [0, 0.05) is 24.3 Å². The zero-order chi connectivity index (χ0) is 11.3. The molecule has 1 atom stereocenters. The Labute approximate surface area is 89.3 Å². The van der Waals surface area contributed by atoms with Gasteiger partial charge in [-0.05, 0) is 18.9 Å². The molecule has 0 fully saturated rings. The van der Waals surface area contributed by atoms with Gasteiger partial charge in [0.25, 0.3) is 0 Å². The predicted octanol–water partition coefficient (Wildman–Crippen LogP) is 1.17. The van der Waals surface area contributed by atoms with Crippen molar-refractivity contribution in [2.24, 2.45) is 5.73 Å². The molecule has 0 saturated carbocycles. The monoisotopic (exact) mass is 211 g/mol. The van der Waals surface area contributed by atoms with E-state index in [1.807, 2.05) is 0 Å². The number of ether oxygens (including phenoxy) is 1. The van der Waals surface area contributed by atoms with Crippen LogP contribution in [0.25, 0.3) is 0 Å². The molecule has 4 heteroatoms. The van der Waals surface area contributed by atoms with Crippen LogP contribution < -0.4 is 10.5 Å². The zero-order valence-corrected chi connectivity index (χ0v) is 8.81.